The predicted octanol–water partition coefficient (Wildman–Crippen LogP) is 3.17. The third kappa shape index (κ3) is 3.45. The van der Waals surface area contributed by atoms with Crippen LogP contribution in [0.25, 0.3) is 0 Å². The number of nitrogens with zero attached hydrogens (tertiary/aromatic N) is 1. The van der Waals surface area contributed by atoms with E-state index in [0.717, 1.165) is 24.7 Å². The Morgan fingerprint density at radius 2 is 1.65 bits per heavy atom. The Morgan fingerprint density at radius 3 is 2.29 bits per heavy atom. The fraction of sp³-hybridized carbons (Fsp3) is 1.00. The quantitative estimate of drug-likeness (QED) is 0.757. The fourth-order valence-electron chi connectivity index (χ4n) is 3.86. The molecule has 2 aliphatic rings. The van der Waals surface area contributed by atoms with Crippen molar-refractivity contribution in [2.24, 2.45) is 0 Å². The maximum atomic E-state index is 3.69. The molecule has 0 spiro atoms. The van der Waals surface area contributed by atoms with Crippen molar-refractivity contribution in [1.29, 1.82) is 0 Å². The number of hydrogen-bond acceptors (Lipinski definition) is 2. The molecule has 0 aromatic carbocycles. The van der Waals surface area contributed by atoms with E-state index < -0.39 is 0 Å². The summed E-state index contributed by atoms with van der Waals surface area (Å²) in [4.78, 5) is 2.73. The highest BCUT2D eigenvalue weighted by Crippen LogP contribution is 2.29. The highest BCUT2D eigenvalue weighted by molar-refractivity contribution is 4.91. The van der Waals surface area contributed by atoms with Crippen molar-refractivity contribution in [3.8, 4) is 0 Å². The topological polar surface area (TPSA) is 15.3 Å². The normalized spacial score (nSPS) is 31.9. The van der Waals surface area contributed by atoms with Crippen LogP contribution in [0.4, 0.5) is 0 Å². The van der Waals surface area contributed by atoms with E-state index in [4.69, 9.17) is 0 Å². The minimum absolute atomic E-state index is 0.758. The molecule has 2 fully saturated rings. The van der Waals surface area contributed by atoms with Crippen molar-refractivity contribution >= 4 is 0 Å². The lowest BCUT2D eigenvalue weighted by Crippen LogP contribution is -2.49. The molecule has 1 N–H and O–H groups in total. The summed E-state index contributed by atoms with van der Waals surface area (Å²) in [5.41, 5.74) is 0. The van der Waals surface area contributed by atoms with E-state index in [-0.39, 0.29) is 0 Å². The highest BCUT2D eigenvalue weighted by atomic mass is 15.2. The largest absolute Gasteiger partial charge is 0.313 e. The molecule has 2 saturated carbocycles. The predicted molar refractivity (Wildman–Crippen MR) is 74.4 cm³/mol. The van der Waals surface area contributed by atoms with Gasteiger partial charge in [-0.2, -0.15) is 0 Å². The van der Waals surface area contributed by atoms with Crippen molar-refractivity contribution in [3.63, 3.8) is 0 Å². The first-order chi connectivity index (χ1) is 8.33. The van der Waals surface area contributed by atoms with Crippen LogP contribution in [0, 0.1) is 0 Å². The monoisotopic (exact) mass is 238 g/mol. The van der Waals surface area contributed by atoms with Crippen LogP contribution >= 0.6 is 0 Å². The van der Waals surface area contributed by atoms with Gasteiger partial charge >= 0.3 is 0 Å². The molecule has 2 nitrogen and oxygen atoms in total. The van der Waals surface area contributed by atoms with Gasteiger partial charge in [-0.15, -0.1) is 0 Å². The van der Waals surface area contributed by atoms with Crippen molar-refractivity contribution in [1.82, 2.24) is 10.2 Å². The van der Waals surface area contributed by atoms with Crippen LogP contribution in [0.15, 0.2) is 0 Å². The van der Waals surface area contributed by atoms with Crippen LogP contribution in [-0.4, -0.2) is 36.6 Å². The van der Waals surface area contributed by atoms with Gasteiger partial charge in [-0.05, 0) is 39.3 Å². The zero-order valence-corrected chi connectivity index (χ0v) is 11.8. The van der Waals surface area contributed by atoms with Crippen LogP contribution in [0.2, 0.25) is 0 Å². The lowest BCUT2D eigenvalue weighted by atomic mass is 10.0. The average molecular weight is 238 g/mol. The van der Waals surface area contributed by atoms with Gasteiger partial charge in [0.2, 0.25) is 0 Å². The van der Waals surface area contributed by atoms with Crippen molar-refractivity contribution in [2.45, 2.75) is 82.8 Å². The van der Waals surface area contributed by atoms with Crippen LogP contribution in [-0.2, 0) is 0 Å². The second-order valence-electron chi connectivity index (χ2n) is 5.97. The maximum absolute atomic E-state index is 3.69. The Bertz CT molecular complexity index is 209. The van der Waals surface area contributed by atoms with E-state index in [1.165, 1.54) is 57.8 Å². The summed E-state index contributed by atoms with van der Waals surface area (Å²) in [6.45, 7) is 3.36. The van der Waals surface area contributed by atoms with Gasteiger partial charge in [0.25, 0.3) is 0 Å². The Hall–Kier alpha value is -0.0800. The van der Waals surface area contributed by atoms with E-state index in [1.807, 2.05) is 0 Å². The second-order valence-corrected chi connectivity index (χ2v) is 5.97. The van der Waals surface area contributed by atoms with Gasteiger partial charge in [0.05, 0.1) is 0 Å². The smallest absolute Gasteiger partial charge is 0.0249 e. The van der Waals surface area contributed by atoms with E-state index >= 15 is 0 Å². The molecule has 17 heavy (non-hydrogen) atoms. The van der Waals surface area contributed by atoms with Gasteiger partial charge in [-0.1, -0.05) is 39.0 Å². The number of nitrogens with one attached hydrogen (secondary N) is 1. The molecule has 100 valence electrons. The standard InChI is InChI=1S/C15H30N2/c1-3-16-14-11-8-12-15(14)17(2)13-9-6-4-5-7-10-13/h13-16H,3-12H2,1-2H3. The Morgan fingerprint density at radius 1 is 0.941 bits per heavy atom. The maximum Gasteiger partial charge on any atom is 0.0249 e. The third-order valence-electron chi connectivity index (χ3n) is 4.87. The highest BCUT2D eigenvalue weighted by Gasteiger charge is 2.32. The SMILES string of the molecule is CCNC1CCCC1N(C)C1CCCCCC1. The van der Waals surface area contributed by atoms with E-state index in [0.29, 0.717) is 0 Å². The van der Waals surface area contributed by atoms with Gasteiger partial charge < -0.3 is 5.32 Å². The minimum Gasteiger partial charge on any atom is -0.313 e. The van der Waals surface area contributed by atoms with E-state index in [1.54, 1.807) is 0 Å². The molecule has 0 bridgehead atoms. The summed E-state index contributed by atoms with van der Waals surface area (Å²) in [5, 5.41) is 3.69. The lowest BCUT2D eigenvalue weighted by Gasteiger charge is -2.36. The molecule has 2 unspecified atom stereocenters. The average Bonchev–Trinajstić information content (AvgIpc) is 2.63. The van der Waals surface area contributed by atoms with Gasteiger partial charge in [0.1, 0.15) is 0 Å². The summed E-state index contributed by atoms with van der Waals surface area (Å²) in [7, 11) is 2.39. The van der Waals surface area contributed by atoms with Gasteiger partial charge in [-0.25, -0.2) is 0 Å². The van der Waals surface area contributed by atoms with Crippen LogP contribution in [0.3, 0.4) is 0 Å². The number of rotatable bonds is 4. The van der Waals surface area contributed by atoms with Gasteiger partial charge in [-0.3, -0.25) is 4.90 Å². The second kappa shape index (κ2) is 6.75. The third-order valence-corrected chi connectivity index (χ3v) is 4.87. The first-order valence-corrected chi connectivity index (χ1v) is 7.78. The summed E-state index contributed by atoms with van der Waals surface area (Å²) in [5.74, 6) is 0. The summed E-state index contributed by atoms with van der Waals surface area (Å²) < 4.78 is 0. The van der Waals surface area contributed by atoms with E-state index in [2.05, 4.69) is 24.2 Å². The number of likely N-dealkylation sites (N-methyl/N-ethyl adjacent to an activating group) is 2. The molecule has 0 heterocycles. The molecule has 0 aromatic heterocycles. The zero-order chi connectivity index (χ0) is 12.1. The molecule has 0 aromatic rings. The van der Waals surface area contributed by atoms with Gasteiger partial charge in [0, 0.05) is 18.1 Å². The summed E-state index contributed by atoms with van der Waals surface area (Å²) in [6, 6.07) is 2.42. The molecule has 0 amide bonds. The molecule has 0 aliphatic heterocycles. The first-order valence-electron chi connectivity index (χ1n) is 7.78. The molecular weight excluding hydrogens is 208 g/mol. The molecule has 2 rings (SSSR count). The minimum atomic E-state index is 0.758. The molecular formula is C15H30N2. The zero-order valence-electron chi connectivity index (χ0n) is 11.8. The summed E-state index contributed by atoms with van der Waals surface area (Å²) in [6.07, 6.45) is 12.9. The van der Waals surface area contributed by atoms with Crippen molar-refractivity contribution < 1.29 is 0 Å². The fourth-order valence-corrected chi connectivity index (χ4v) is 3.86. The van der Waals surface area contributed by atoms with Crippen molar-refractivity contribution in [2.75, 3.05) is 13.6 Å². The van der Waals surface area contributed by atoms with Crippen LogP contribution in [0.5, 0.6) is 0 Å². The Kier molecular flexibility index (Phi) is 5.30. The molecule has 2 aliphatic carbocycles. The first kappa shape index (κ1) is 13.4. The van der Waals surface area contributed by atoms with Crippen molar-refractivity contribution in [3.05, 3.63) is 0 Å². The molecule has 2 atom stereocenters. The van der Waals surface area contributed by atoms with E-state index in [9.17, 15) is 0 Å². The Labute approximate surface area is 107 Å². The Balaban J connectivity index is 1.90. The summed E-state index contributed by atoms with van der Waals surface area (Å²) >= 11 is 0. The van der Waals surface area contributed by atoms with Gasteiger partial charge in [0.15, 0.2) is 0 Å². The van der Waals surface area contributed by atoms with Crippen LogP contribution < -0.4 is 5.32 Å². The lowest BCUT2D eigenvalue weighted by molar-refractivity contribution is 0.139. The van der Waals surface area contributed by atoms with Crippen LogP contribution in [0.1, 0.15) is 64.7 Å². The number of hydrogen-bond donors (Lipinski definition) is 1. The molecule has 0 saturated heterocycles. The molecule has 2 heteroatoms. The molecule has 0 radical (unpaired) electrons.